The van der Waals surface area contributed by atoms with E-state index in [4.69, 9.17) is 40.1 Å². The van der Waals surface area contributed by atoms with Gasteiger partial charge in [0.1, 0.15) is 60.4 Å². The van der Waals surface area contributed by atoms with Gasteiger partial charge in [-0.05, 0) is 131 Å². The molecule has 3 heterocycles. The van der Waals surface area contributed by atoms with Gasteiger partial charge < -0.3 is 97.5 Å². The first-order valence-electron chi connectivity index (χ1n) is 35.7. The van der Waals surface area contributed by atoms with E-state index >= 15 is 9.59 Å². The van der Waals surface area contributed by atoms with E-state index in [1.165, 1.54) is 21.6 Å². The first-order chi connectivity index (χ1) is 50.2. The summed E-state index contributed by atoms with van der Waals surface area (Å²) in [5.41, 5.74) is 42.3. The standard InChI is InChI=1S/C72H105N19O13S/c1-42(2)37-53(64(97)82-49(61(77)94)31-36-105-3)86-67(100)56(40-45-41-81-48-23-11-10-21-46(45)48)89-66(99)55(39-44-19-8-5-9-20-44)88-65(98)54(38-43-17-6-4-7-18-43)87-63(96)50(27-29-59(75)92)83-62(95)51(28-30-60(76)93)84-68(101)58-26-16-35-91(58)71(104)52(24-12-13-32-73)85-69(102)57-25-15-34-90(57)70(103)47(74)22-14-33-80-72(78)79/h4-11,17-21,23,41-42,47,49-58,81H,12-16,22,24-40,73-74H2,1-3H3,(H2,75,92)(H2,76,93)(H2,77,94)(H,82,97)(H,83,95)(H,84,101)(H,85,102)(H,86,100)(H,87,96)(H,88,98)(H,89,99)(H4,78,79,80)/t47-,49-,50-,51-,52-,53-,54-,55-,56-,57-,58-/m0/s1. The number of primary amides is 3. The fourth-order valence-corrected chi connectivity index (χ4v) is 13.2. The number of benzene rings is 3. The predicted octanol–water partition coefficient (Wildman–Crippen LogP) is -1.62. The van der Waals surface area contributed by atoms with Crippen molar-refractivity contribution in [3.8, 4) is 0 Å². The number of amides is 13. The largest absolute Gasteiger partial charge is 0.370 e. The first kappa shape index (κ1) is 83.8. The second kappa shape index (κ2) is 42.6. The number of thioether (sulfide) groups is 1. The highest BCUT2D eigenvalue weighted by atomic mass is 32.2. The molecule has 0 aliphatic carbocycles. The number of aromatic nitrogens is 1. The Morgan fingerprint density at radius 1 is 0.514 bits per heavy atom. The summed E-state index contributed by atoms with van der Waals surface area (Å²) in [6.45, 7) is 4.53. The van der Waals surface area contributed by atoms with Crippen molar-refractivity contribution in [3.63, 3.8) is 0 Å². The van der Waals surface area contributed by atoms with Crippen LogP contribution in [0.15, 0.2) is 96.1 Å². The maximum absolute atomic E-state index is 15.2. The van der Waals surface area contributed by atoms with Gasteiger partial charge in [0, 0.05) is 68.8 Å². The Labute approximate surface area is 615 Å². The number of guanidine groups is 1. The molecule has 0 saturated carbocycles. The lowest BCUT2D eigenvalue weighted by atomic mass is 9.99. The van der Waals surface area contributed by atoms with Crippen molar-refractivity contribution in [3.05, 3.63) is 108 Å². The van der Waals surface area contributed by atoms with E-state index in [2.05, 4.69) is 52.5 Å². The average Bonchev–Trinajstić information content (AvgIpc) is 1.48. The van der Waals surface area contributed by atoms with Gasteiger partial charge in [-0.15, -0.1) is 0 Å². The Bertz CT molecular complexity index is 3650. The predicted molar refractivity (Wildman–Crippen MR) is 397 cm³/mol. The van der Waals surface area contributed by atoms with Crippen LogP contribution in [0.25, 0.3) is 10.9 Å². The summed E-state index contributed by atoms with van der Waals surface area (Å²) in [7, 11) is 0. The molecular weight excluding hydrogens is 1370 g/mol. The number of rotatable bonds is 44. The Morgan fingerprint density at radius 3 is 1.48 bits per heavy atom. The lowest BCUT2D eigenvalue weighted by Crippen LogP contribution is -2.61. The first-order valence-corrected chi connectivity index (χ1v) is 37.1. The number of para-hydroxylation sites is 1. The van der Waals surface area contributed by atoms with Gasteiger partial charge in [-0.1, -0.05) is 92.7 Å². The van der Waals surface area contributed by atoms with Gasteiger partial charge in [0.25, 0.3) is 0 Å². The molecule has 11 atom stereocenters. The second-order valence-corrected chi connectivity index (χ2v) is 28.0. The van der Waals surface area contributed by atoms with Crippen LogP contribution in [0.1, 0.15) is 127 Å². The number of hydrogen-bond acceptors (Lipinski definition) is 17. The number of aromatic amines is 1. The molecule has 32 nitrogen and oxygen atoms in total. The van der Waals surface area contributed by atoms with Crippen LogP contribution in [0.5, 0.6) is 0 Å². The van der Waals surface area contributed by atoms with Crippen LogP contribution in [0.4, 0.5) is 0 Å². The number of nitrogens with zero attached hydrogens (tertiary/aromatic N) is 3. The molecule has 6 rings (SSSR count). The van der Waals surface area contributed by atoms with Crippen molar-refractivity contribution in [2.45, 2.75) is 196 Å². The molecule has 2 saturated heterocycles. The van der Waals surface area contributed by atoms with Crippen LogP contribution in [0.3, 0.4) is 0 Å². The quantitative estimate of drug-likeness (QED) is 0.0134. The van der Waals surface area contributed by atoms with Crippen LogP contribution >= 0.6 is 11.8 Å². The van der Waals surface area contributed by atoms with E-state index < -0.39 is 169 Å². The molecule has 3 aromatic carbocycles. The molecule has 2 aliphatic heterocycles. The zero-order valence-corrected chi connectivity index (χ0v) is 60.8. The van der Waals surface area contributed by atoms with Crippen LogP contribution in [0.2, 0.25) is 0 Å². The SMILES string of the molecule is CSCC[C@H](NC(=O)[C@H](CC(C)C)NC(=O)[C@H](Cc1c[nH]c2ccccc12)NC(=O)[C@H](Cc1ccccc1)NC(=O)[C@H](Cc1ccccc1)NC(=O)[C@H](CCC(N)=O)NC(=O)[C@H](CCC(N)=O)NC(=O)[C@@H]1CCCN1C(=O)[C@H](CCCCN)NC(=O)[C@@H]1CCCN1C(=O)[C@@H](N)CCCN=C(N)N)C(N)=O. The summed E-state index contributed by atoms with van der Waals surface area (Å²) in [6, 6.07) is 10.2. The molecule has 105 heavy (non-hydrogen) atoms. The molecule has 572 valence electrons. The zero-order valence-electron chi connectivity index (χ0n) is 60.0. The number of aliphatic imine (C=N–C) groups is 1. The highest BCUT2D eigenvalue weighted by Gasteiger charge is 2.43. The number of likely N-dealkylation sites (tertiary alicyclic amines) is 2. The number of nitrogens with one attached hydrogen (secondary N) is 9. The minimum atomic E-state index is -1.67. The minimum absolute atomic E-state index is 0.0660. The smallest absolute Gasteiger partial charge is 0.245 e. The number of fused-ring (bicyclic) bond motifs is 1. The van der Waals surface area contributed by atoms with E-state index in [9.17, 15) is 52.7 Å². The summed E-state index contributed by atoms with van der Waals surface area (Å²) in [5, 5.41) is 22.7. The van der Waals surface area contributed by atoms with E-state index in [0.717, 1.165) is 10.9 Å². The van der Waals surface area contributed by atoms with E-state index in [1.54, 1.807) is 72.9 Å². The molecule has 4 aromatic rings. The summed E-state index contributed by atoms with van der Waals surface area (Å²) in [6.07, 6.45) is 4.46. The maximum atomic E-state index is 15.2. The topological polar surface area (TPSA) is 535 Å². The summed E-state index contributed by atoms with van der Waals surface area (Å²) in [4.78, 5) is 193. The lowest BCUT2D eigenvalue weighted by molar-refractivity contribution is -0.144. The molecule has 2 fully saturated rings. The van der Waals surface area contributed by atoms with Gasteiger partial charge in [0.2, 0.25) is 76.8 Å². The van der Waals surface area contributed by atoms with Gasteiger partial charge >= 0.3 is 0 Å². The maximum Gasteiger partial charge on any atom is 0.245 e. The summed E-state index contributed by atoms with van der Waals surface area (Å²) < 4.78 is 0. The van der Waals surface area contributed by atoms with Crippen molar-refractivity contribution < 1.29 is 62.3 Å². The van der Waals surface area contributed by atoms with Gasteiger partial charge in [0.15, 0.2) is 5.96 Å². The van der Waals surface area contributed by atoms with Gasteiger partial charge in [-0.25, -0.2) is 0 Å². The minimum Gasteiger partial charge on any atom is -0.370 e. The van der Waals surface area contributed by atoms with Crippen molar-refractivity contribution in [2.75, 3.05) is 38.2 Å². The molecule has 1 aromatic heterocycles. The fourth-order valence-electron chi connectivity index (χ4n) is 12.8. The highest BCUT2D eigenvalue weighted by Crippen LogP contribution is 2.25. The zero-order chi connectivity index (χ0) is 76.7. The molecule has 33 heteroatoms. The second-order valence-electron chi connectivity index (χ2n) is 27.0. The third kappa shape index (κ3) is 26.8. The third-order valence-electron chi connectivity index (χ3n) is 18.3. The lowest BCUT2D eigenvalue weighted by Gasteiger charge is -2.32. The molecule has 0 bridgehead atoms. The molecule has 0 radical (unpaired) electrons. The van der Waals surface area contributed by atoms with Crippen molar-refractivity contribution in [2.24, 2.45) is 51.0 Å². The van der Waals surface area contributed by atoms with Crippen LogP contribution in [-0.4, -0.2) is 202 Å². The Kier molecular flexibility index (Phi) is 34.0. The third-order valence-corrected chi connectivity index (χ3v) is 19.0. The number of unbranched alkanes of at least 4 members (excludes halogenated alkanes) is 1. The summed E-state index contributed by atoms with van der Waals surface area (Å²) in [5.74, 6) is -9.99. The van der Waals surface area contributed by atoms with Crippen LogP contribution < -0.4 is 82.7 Å². The monoisotopic (exact) mass is 1480 g/mol. The number of carbonyl (C=O) groups is 13. The van der Waals surface area contributed by atoms with Crippen LogP contribution in [0, 0.1) is 5.92 Å². The highest BCUT2D eigenvalue weighted by molar-refractivity contribution is 7.98. The number of hydrogen-bond donors (Lipinski definition) is 16. The average molecular weight is 1480 g/mol. The molecule has 13 amide bonds. The molecule has 2 aliphatic rings. The van der Waals surface area contributed by atoms with E-state index in [1.807, 2.05) is 38.3 Å². The molecule has 0 spiro atoms. The van der Waals surface area contributed by atoms with Crippen LogP contribution in [-0.2, 0) is 81.6 Å². The fraction of sp³-hybridized carbons (Fsp3) is 0.528. The normalized spacial score (nSPS) is 16.7. The van der Waals surface area contributed by atoms with Gasteiger partial charge in [0.05, 0.1) is 6.04 Å². The van der Waals surface area contributed by atoms with E-state index in [-0.39, 0.29) is 89.4 Å². The summed E-state index contributed by atoms with van der Waals surface area (Å²) >= 11 is 1.45. The molecule has 23 N–H and O–H groups in total. The van der Waals surface area contributed by atoms with Gasteiger partial charge in [-0.2, -0.15) is 11.8 Å². The molecule has 0 unspecified atom stereocenters. The Morgan fingerprint density at radius 2 is 0.971 bits per heavy atom. The number of nitrogens with two attached hydrogens (primary N) is 7. The van der Waals surface area contributed by atoms with Crippen molar-refractivity contribution in [1.82, 2.24) is 57.3 Å². The van der Waals surface area contributed by atoms with Gasteiger partial charge in [-0.3, -0.25) is 67.3 Å². The molecular formula is C72H105N19O13S. The number of H-pyrrole nitrogens is 1. The Hall–Kier alpha value is -10.1. The van der Waals surface area contributed by atoms with E-state index in [0.29, 0.717) is 61.0 Å². The van der Waals surface area contributed by atoms with Crippen molar-refractivity contribution >= 4 is 105 Å². The Balaban J connectivity index is 1.25. The van der Waals surface area contributed by atoms with Crippen molar-refractivity contribution in [1.29, 1.82) is 0 Å². The number of carbonyl (C=O) groups excluding carboxylic acids is 13.